The Morgan fingerprint density at radius 2 is 2.05 bits per heavy atom. The second kappa shape index (κ2) is 5.36. The molecule has 2 aliphatic rings. The second-order valence-corrected chi connectivity index (χ2v) is 5.98. The Morgan fingerprint density at radius 3 is 2.82 bits per heavy atom. The minimum absolute atomic E-state index is 0.0479. The molecule has 4 rings (SSSR count). The fourth-order valence-corrected chi connectivity index (χ4v) is 3.79. The molecule has 0 radical (unpaired) electrons. The number of tetrazole rings is 1. The highest BCUT2D eigenvalue weighted by atomic mass is 16.1. The number of benzene rings is 1. The molecule has 4 atom stereocenters. The highest BCUT2D eigenvalue weighted by Crippen LogP contribution is 2.48. The monoisotopic (exact) mass is 295 g/mol. The molecular formula is C16H17N5O. The number of aromatic amines is 1. The lowest BCUT2D eigenvalue weighted by Gasteiger charge is -2.29. The molecule has 0 saturated heterocycles. The van der Waals surface area contributed by atoms with Crippen LogP contribution in [0.3, 0.4) is 0 Å². The Morgan fingerprint density at radius 1 is 1.23 bits per heavy atom. The molecule has 0 spiro atoms. The Bertz CT molecular complexity index is 682. The van der Waals surface area contributed by atoms with Crippen molar-refractivity contribution in [2.75, 3.05) is 0 Å². The van der Waals surface area contributed by atoms with Gasteiger partial charge < -0.3 is 5.32 Å². The molecule has 22 heavy (non-hydrogen) atoms. The zero-order valence-corrected chi connectivity index (χ0v) is 12.0. The van der Waals surface area contributed by atoms with E-state index < -0.39 is 0 Å². The molecule has 1 amide bonds. The van der Waals surface area contributed by atoms with Crippen LogP contribution < -0.4 is 5.32 Å². The van der Waals surface area contributed by atoms with Gasteiger partial charge in [-0.1, -0.05) is 47.7 Å². The minimum Gasteiger partial charge on any atom is -0.352 e. The van der Waals surface area contributed by atoms with Crippen LogP contribution in [0.5, 0.6) is 0 Å². The summed E-state index contributed by atoms with van der Waals surface area (Å²) in [6.45, 7) is 0. The number of carbonyl (C=O) groups excluding carboxylic acids is 1. The number of rotatable bonds is 4. The lowest BCUT2D eigenvalue weighted by molar-refractivity contribution is -0.121. The summed E-state index contributed by atoms with van der Waals surface area (Å²) in [4.78, 5) is 12.3. The predicted molar refractivity (Wildman–Crippen MR) is 79.7 cm³/mol. The summed E-state index contributed by atoms with van der Waals surface area (Å²) >= 11 is 0. The molecule has 1 fully saturated rings. The number of hydrogen-bond donors (Lipinski definition) is 2. The molecule has 0 unspecified atom stereocenters. The topological polar surface area (TPSA) is 83.6 Å². The van der Waals surface area contributed by atoms with Crippen LogP contribution in [-0.2, 0) is 11.2 Å². The van der Waals surface area contributed by atoms with E-state index in [9.17, 15) is 4.79 Å². The molecule has 6 heteroatoms. The summed E-state index contributed by atoms with van der Waals surface area (Å²) in [5.74, 6) is 1.67. The van der Waals surface area contributed by atoms with Crippen LogP contribution in [-0.4, -0.2) is 32.6 Å². The number of amides is 1. The fourth-order valence-electron chi connectivity index (χ4n) is 3.79. The average Bonchev–Trinajstić information content (AvgIpc) is 3.25. The fraction of sp³-hybridized carbons (Fsp3) is 0.375. The molecule has 2 aromatic rings. The molecule has 1 aromatic carbocycles. The number of aromatic nitrogens is 4. The summed E-state index contributed by atoms with van der Waals surface area (Å²) in [6, 6.07) is 10.6. The molecule has 0 aliphatic heterocycles. The zero-order chi connectivity index (χ0) is 14.9. The SMILES string of the molecule is O=C(Cc1nn[nH]n1)N[C@@H]1[C@@H](c2ccccc2)[C@@H]2C=C[C@H]1C2. The van der Waals surface area contributed by atoms with E-state index in [0.717, 1.165) is 6.42 Å². The molecular weight excluding hydrogens is 278 g/mol. The van der Waals surface area contributed by atoms with Gasteiger partial charge in [-0.2, -0.15) is 5.21 Å². The van der Waals surface area contributed by atoms with E-state index in [1.807, 2.05) is 6.07 Å². The van der Waals surface area contributed by atoms with E-state index in [1.54, 1.807) is 0 Å². The Hall–Kier alpha value is -2.50. The average molecular weight is 295 g/mol. The first-order valence-corrected chi connectivity index (χ1v) is 7.56. The van der Waals surface area contributed by atoms with Crippen molar-refractivity contribution < 1.29 is 4.79 Å². The Labute approximate surface area is 128 Å². The lowest BCUT2D eigenvalue weighted by atomic mass is 9.83. The highest BCUT2D eigenvalue weighted by Gasteiger charge is 2.45. The van der Waals surface area contributed by atoms with E-state index in [4.69, 9.17) is 0 Å². The summed E-state index contributed by atoms with van der Waals surface area (Å²) in [5, 5.41) is 16.7. The van der Waals surface area contributed by atoms with Crippen molar-refractivity contribution in [3.63, 3.8) is 0 Å². The standard InChI is InChI=1S/C16H17N5O/c22-14(9-13-18-20-21-19-13)17-16-12-7-6-11(8-12)15(16)10-4-2-1-3-5-10/h1-7,11-12,15-16H,8-9H2,(H,17,22)(H,18,19,20,21)/t11-,12+,15+,16+/m1/s1. The zero-order valence-electron chi connectivity index (χ0n) is 12.0. The quantitative estimate of drug-likeness (QED) is 0.831. The van der Waals surface area contributed by atoms with Gasteiger partial charge in [0.15, 0.2) is 5.82 Å². The van der Waals surface area contributed by atoms with Crippen molar-refractivity contribution in [3.8, 4) is 0 Å². The molecule has 112 valence electrons. The van der Waals surface area contributed by atoms with Crippen molar-refractivity contribution in [1.29, 1.82) is 0 Å². The van der Waals surface area contributed by atoms with Crippen LogP contribution in [0.4, 0.5) is 0 Å². The van der Waals surface area contributed by atoms with Crippen LogP contribution in [0.15, 0.2) is 42.5 Å². The third-order valence-electron chi connectivity index (χ3n) is 4.68. The van der Waals surface area contributed by atoms with Gasteiger partial charge in [0.05, 0.1) is 6.42 Å². The number of H-pyrrole nitrogens is 1. The first-order chi connectivity index (χ1) is 10.8. The molecule has 2 bridgehead atoms. The number of nitrogens with one attached hydrogen (secondary N) is 2. The van der Waals surface area contributed by atoms with E-state index in [2.05, 4.69) is 62.4 Å². The van der Waals surface area contributed by atoms with Gasteiger partial charge in [0, 0.05) is 12.0 Å². The van der Waals surface area contributed by atoms with Gasteiger partial charge in [0.25, 0.3) is 0 Å². The van der Waals surface area contributed by atoms with E-state index in [0.29, 0.717) is 23.6 Å². The largest absolute Gasteiger partial charge is 0.352 e. The molecule has 1 saturated carbocycles. The van der Waals surface area contributed by atoms with Gasteiger partial charge in [-0.3, -0.25) is 4.79 Å². The second-order valence-electron chi connectivity index (χ2n) is 5.98. The Balaban J connectivity index is 1.52. The van der Waals surface area contributed by atoms with Crippen LogP contribution in [0.1, 0.15) is 23.7 Å². The van der Waals surface area contributed by atoms with Gasteiger partial charge in [0.1, 0.15) is 0 Å². The summed E-state index contributed by atoms with van der Waals surface area (Å²) in [7, 11) is 0. The molecule has 2 aliphatic carbocycles. The van der Waals surface area contributed by atoms with Gasteiger partial charge in [-0.05, 0) is 23.8 Å². The molecule has 1 heterocycles. The van der Waals surface area contributed by atoms with E-state index >= 15 is 0 Å². The van der Waals surface area contributed by atoms with Gasteiger partial charge in [-0.15, -0.1) is 10.2 Å². The maximum atomic E-state index is 12.3. The number of hydrogen-bond acceptors (Lipinski definition) is 4. The highest BCUT2D eigenvalue weighted by molar-refractivity contribution is 5.78. The number of carbonyl (C=O) groups is 1. The smallest absolute Gasteiger partial charge is 0.228 e. The first-order valence-electron chi connectivity index (χ1n) is 7.56. The van der Waals surface area contributed by atoms with Crippen molar-refractivity contribution in [2.45, 2.75) is 24.8 Å². The third kappa shape index (κ3) is 2.30. The summed E-state index contributed by atoms with van der Waals surface area (Å²) in [5.41, 5.74) is 1.30. The van der Waals surface area contributed by atoms with E-state index in [-0.39, 0.29) is 18.4 Å². The summed E-state index contributed by atoms with van der Waals surface area (Å²) in [6.07, 6.45) is 5.82. The van der Waals surface area contributed by atoms with Crippen LogP contribution in [0.2, 0.25) is 0 Å². The Kier molecular flexibility index (Phi) is 3.21. The maximum Gasteiger partial charge on any atom is 0.228 e. The van der Waals surface area contributed by atoms with E-state index in [1.165, 1.54) is 5.56 Å². The number of nitrogens with zero attached hydrogens (tertiary/aromatic N) is 3. The third-order valence-corrected chi connectivity index (χ3v) is 4.68. The van der Waals surface area contributed by atoms with Crippen molar-refractivity contribution in [2.24, 2.45) is 11.8 Å². The molecule has 1 aromatic heterocycles. The van der Waals surface area contributed by atoms with Crippen molar-refractivity contribution in [3.05, 3.63) is 53.9 Å². The van der Waals surface area contributed by atoms with Crippen LogP contribution in [0.25, 0.3) is 0 Å². The maximum absolute atomic E-state index is 12.3. The van der Waals surface area contributed by atoms with Gasteiger partial charge >= 0.3 is 0 Å². The van der Waals surface area contributed by atoms with Crippen molar-refractivity contribution in [1.82, 2.24) is 25.9 Å². The van der Waals surface area contributed by atoms with Crippen molar-refractivity contribution >= 4 is 5.91 Å². The van der Waals surface area contributed by atoms with Gasteiger partial charge in [0.2, 0.25) is 5.91 Å². The lowest BCUT2D eigenvalue weighted by Crippen LogP contribution is -2.42. The summed E-state index contributed by atoms with van der Waals surface area (Å²) < 4.78 is 0. The normalized spacial score (nSPS) is 28.9. The predicted octanol–water partition coefficient (Wildman–Crippen LogP) is 1.22. The van der Waals surface area contributed by atoms with Crippen LogP contribution >= 0.6 is 0 Å². The first kappa shape index (κ1) is 13.2. The number of allylic oxidation sites excluding steroid dienone is 1. The van der Waals surface area contributed by atoms with Crippen LogP contribution in [0, 0.1) is 11.8 Å². The minimum atomic E-state index is -0.0479. The molecule has 2 N–H and O–H groups in total. The molecule has 6 nitrogen and oxygen atoms in total. The van der Waals surface area contributed by atoms with Gasteiger partial charge in [-0.25, -0.2) is 0 Å². The number of fused-ring (bicyclic) bond motifs is 2.